The number of nitrogens with zero attached hydrogens (tertiary/aromatic N) is 4. The first-order chi connectivity index (χ1) is 27.5. The average Bonchev–Trinajstić information content (AvgIpc) is 3.25. The molecule has 0 unspecified atom stereocenters. The third-order valence-electron chi connectivity index (χ3n) is 10.6. The monoisotopic (exact) mass is 848 g/mol. The van der Waals surface area contributed by atoms with Crippen LogP contribution in [0.5, 0.6) is 11.5 Å². The summed E-state index contributed by atoms with van der Waals surface area (Å²) in [6, 6.07) is 30.1. The Hall–Kier alpha value is -5.54. The topological polar surface area (TPSA) is 176 Å². The maximum absolute atomic E-state index is 13.0. The highest BCUT2D eigenvalue weighted by Crippen LogP contribution is 2.33. The molecule has 6 rings (SSSR count). The van der Waals surface area contributed by atoms with Gasteiger partial charge in [-0.2, -0.15) is 0 Å². The Labute approximate surface area is 358 Å². The van der Waals surface area contributed by atoms with E-state index in [0.29, 0.717) is 90.0 Å². The normalized spacial score (nSPS) is 14.0. The average molecular weight is 850 g/mol. The summed E-state index contributed by atoms with van der Waals surface area (Å²) in [5.41, 5.74) is 17.0. The lowest BCUT2D eigenvalue weighted by molar-refractivity contribution is 0.116. The zero-order valence-corrected chi connectivity index (χ0v) is 35.1. The molecule has 0 radical (unpaired) electrons. The number of piperazine rings is 2. The van der Waals surface area contributed by atoms with Crippen molar-refractivity contribution in [2.24, 2.45) is 11.5 Å². The van der Waals surface area contributed by atoms with Crippen molar-refractivity contribution in [3.05, 3.63) is 130 Å². The van der Waals surface area contributed by atoms with Gasteiger partial charge >= 0.3 is 24.2 Å². The van der Waals surface area contributed by atoms with Crippen LogP contribution in [0.15, 0.2) is 97.1 Å². The van der Waals surface area contributed by atoms with Crippen molar-refractivity contribution in [1.82, 2.24) is 30.2 Å². The minimum atomic E-state index is -0.458. The van der Waals surface area contributed by atoms with Crippen molar-refractivity contribution >= 4 is 49.1 Å². The third-order valence-corrected chi connectivity index (χ3v) is 10.6. The quantitative estimate of drug-likeness (QED) is 0.154. The SMILES string of the molecule is CC(C)(c1ccc(OC(=O)N2CCN(C(=O)NCc3ccc(CN)cc3)CC2)cc1)c1ccc(OC(=O)N2CCN(C(=O)NCc3ccc(CN)cc3)CC2)cc1.Cl.Cl. The molecule has 316 valence electrons. The van der Waals surface area contributed by atoms with E-state index in [1.807, 2.05) is 72.8 Å². The number of halogens is 2. The molecule has 2 saturated heterocycles. The number of ether oxygens (including phenoxy) is 2. The van der Waals surface area contributed by atoms with E-state index in [4.69, 9.17) is 20.9 Å². The van der Waals surface area contributed by atoms with E-state index in [1.165, 1.54) is 0 Å². The Morgan fingerprint density at radius 1 is 0.492 bits per heavy atom. The predicted molar refractivity (Wildman–Crippen MR) is 231 cm³/mol. The van der Waals surface area contributed by atoms with Gasteiger partial charge in [-0.25, -0.2) is 19.2 Å². The highest BCUT2D eigenvalue weighted by atomic mass is 35.5. The molecule has 2 aliphatic rings. The Morgan fingerprint density at radius 2 is 0.780 bits per heavy atom. The van der Waals surface area contributed by atoms with Gasteiger partial charge in [0.2, 0.25) is 0 Å². The smallest absolute Gasteiger partial charge is 0.410 e. The molecular weight excluding hydrogens is 795 g/mol. The van der Waals surface area contributed by atoms with Crippen LogP contribution in [0.3, 0.4) is 0 Å². The van der Waals surface area contributed by atoms with E-state index in [0.717, 1.165) is 33.4 Å². The van der Waals surface area contributed by atoms with Crippen LogP contribution in [-0.2, 0) is 31.6 Å². The number of hydrogen-bond donors (Lipinski definition) is 4. The lowest BCUT2D eigenvalue weighted by Crippen LogP contribution is -2.53. The lowest BCUT2D eigenvalue weighted by Gasteiger charge is -2.34. The molecule has 2 heterocycles. The largest absolute Gasteiger partial charge is 0.415 e. The van der Waals surface area contributed by atoms with Gasteiger partial charge in [-0.05, 0) is 57.6 Å². The van der Waals surface area contributed by atoms with Gasteiger partial charge in [0.15, 0.2) is 0 Å². The fourth-order valence-electron chi connectivity index (χ4n) is 6.73. The van der Waals surface area contributed by atoms with Gasteiger partial charge < -0.3 is 51.2 Å². The molecule has 4 aromatic rings. The molecule has 0 spiro atoms. The van der Waals surface area contributed by atoms with Crippen LogP contribution in [0, 0.1) is 0 Å². The maximum atomic E-state index is 13.0. The van der Waals surface area contributed by atoms with Crippen LogP contribution in [0.2, 0.25) is 0 Å². The molecule has 0 bridgehead atoms. The van der Waals surface area contributed by atoms with E-state index in [-0.39, 0.29) is 36.9 Å². The highest BCUT2D eigenvalue weighted by Gasteiger charge is 2.28. The van der Waals surface area contributed by atoms with Gasteiger partial charge in [0, 0.05) is 84.0 Å². The summed E-state index contributed by atoms with van der Waals surface area (Å²) in [5.74, 6) is 0.857. The van der Waals surface area contributed by atoms with Crippen LogP contribution < -0.4 is 31.6 Å². The van der Waals surface area contributed by atoms with Crippen molar-refractivity contribution in [3.8, 4) is 11.5 Å². The van der Waals surface area contributed by atoms with Crippen molar-refractivity contribution in [1.29, 1.82) is 0 Å². The number of nitrogens with one attached hydrogen (secondary N) is 2. The van der Waals surface area contributed by atoms with Crippen molar-refractivity contribution < 1.29 is 28.7 Å². The molecular formula is C43H54Cl2N8O6. The summed E-state index contributed by atoms with van der Waals surface area (Å²) in [6.45, 7) is 9.07. The minimum Gasteiger partial charge on any atom is -0.410 e. The van der Waals surface area contributed by atoms with Gasteiger partial charge in [-0.15, -0.1) is 24.8 Å². The maximum Gasteiger partial charge on any atom is 0.415 e. The molecule has 2 aliphatic heterocycles. The Kier molecular flexibility index (Phi) is 16.8. The van der Waals surface area contributed by atoms with Gasteiger partial charge in [-0.1, -0.05) is 86.6 Å². The number of benzene rings is 4. The fraction of sp³-hybridized carbons (Fsp3) is 0.349. The van der Waals surface area contributed by atoms with Crippen LogP contribution in [0.4, 0.5) is 19.2 Å². The summed E-state index contributed by atoms with van der Waals surface area (Å²) >= 11 is 0. The number of carbonyl (C=O) groups excluding carboxylic acids is 4. The van der Waals surface area contributed by atoms with E-state index < -0.39 is 17.6 Å². The van der Waals surface area contributed by atoms with Crippen LogP contribution >= 0.6 is 24.8 Å². The van der Waals surface area contributed by atoms with Crippen LogP contribution in [-0.4, -0.2) is 96.2 Å². The van der Waals surface area contributed by atoms with E-state index >= 15 is 0 Å². The van der Waals surface area contributed by atoms with E-state index in [2.05, 4.69) is 24.5 Å². The molecule has 6 amide bonds. The van der Waals surface area contributed by atoms with E-state index in [1.54, 1.807) is 43.9 Å². The fourth-order valence-corrected chi connectivity index (χ4v) is 6.73. The second-order valence-corrected chi connectivity index (χ2v) is 14.7. The number of nitrogens with two attached hydrogens (primary N) is 2. The number of urea groups is 2. The molecule has 0 aliphatic carbocycles. The Morgan fingerprint density at radius 3 is 1.08 bits per heavy atom. The summed E-state index contributed by atoms with van der Waals surface area (Å²) < 4.78 is 11.4. The summed E-state index contributed by atoms with van der Waals surface area (Å²) in [4.78, 5) is 57.9. The highest BCUT2D eigenvalue weighted by molar-refractivity contribution is 5.85. The number of rotatable bonds is 10. The zero-order chi connectivity index (χ0) is 40.4. The molecule has 2 fully saturated rings. The molecule has 59 heavy (non-hydrogen) atoms. The number of hydrogen-bond acceptors (Lipinski definition) is 8. The molecule has 16 heteroatoms. The summed E-state index contributed by atoms with van der Waals surface area (Å²) in [7, 11) is 0. The van der Waals surface area contributed by atoms with Gasteiger partial charge in [0.1, 0.15) is 11.5 Å². The molecule has 4 aromatic carbocycles. The first-order valence-corrected chi connectivity index (χ1v) is 19.3. The summed E-state index contributed by atoms with van der Waals surface area (Å²) in [5, 5.41) is 5.88. The Bertz CT molecular complexity index is 1840. The lowest BCUT2D eigenvalue weighted by atomic mass is 9.78. The Balaban J connectivity index is 0.00000384. The zero-order valence-electron chi connectivity index (χ0n) is 33.4. The second-order valence-electron chi connectivity index (χ2n) is 14.7. The first-order valence-electron chi connectivity index (χ1n) is 19.3. The van der Waals surface area contributed by atoms with Crippen molar-refractivity contribution in [2.45, 2.75) is 45.4 Å². The second kappa shape index (κ2) is 21.5. The van der Waals surface area contributed by atoms with Gasteiger partial charge in [0.25, 0.3) is 0 Å². The predicted octanol–water partition coefficient (Wildman–Crippen LogP) is 5.83. The van der Waals surface area contributed by atoms with Gasteiger partial charge in [0.05, 0.1) is 0 Å². The first kappa shape index (κ1) is 46.2. The molecule has 14 nitrogen and oxygen atoms in total. The number of amides is 6. The molecule has 0 saturated carbocycles. The summed E-state index contributed by atoms with van der Waals surface area (Å²) in [6.07, 6.45) is -0.916. The van der Waals surface area contributed by atoms with Crippen molar-refractivity contribution in [2.75, 3.05) is 52.4 Å². The minimum absolute atomic E-state index is 0. The molecule has 0 atom stereocenters. The molecule has 6 N–H and O–H groups in total. The van der Waals surface area contributed by atoms with Crippen LogP contribution in [0.1, 0.15) is 47.2 Å². The standard InChI is InChI=1S/C43H52N8O6.2ClH/c1-43(2,35-11-15-37(16-12-35)56-41(54)50-23-19-48(20-24-50)39(52)46-29-33-7-3-31(27-44)4-8-33)36-13-17-38(18-14-36)57-42(55)51-25-21-49(22-26-51)40(53)47-30-34-9-5-32(28-45)6-10-34;;/h3-18H,19-30,44-45H2,1-2H3,(H,46,52)(H,47,53);2*1H. The van der Waals surface area contributed by atoms with Crippen LogP contribution in [0.25, 0.3) is 0 Å². The third kappa shape index (κ3) is 12.2. The van der Waals surface area contributed by atoms with E-state index in [9.17, 15) is 19.2 Å². The van der Waals surface area contributed by atoms with Crippen molar-refractivity contribution in [3.63, 3.8) is 0 Å². The van der Waals surface area contributed by atoms with Gasteiger partial charge in [-0.3, -0.25) is 0 Å². The number of carbonyl (C=O) groups is 4. The molecule has 0 aromatic heterocycles.